The lowest BCUT2D eigenvalue weighted by Crippen LogP contribution is -2.19. The average Bonchev–Trinajstić information content (AvgIpc) is 2.72. The number of aromatic hydroxyl groups is 2. The molecule has 0 radical (unpaired) electrons. The van der Waals surface area contributed by atoms with Gasteiger partial charge in [0.1, 0.15) is 11.5 Å². The number of fused-ring (bicyclic) bond motifs is 5. The molecule has 2 aliphatic carbocycles. The van der Waals surface area contributed by atoms with Crippen LogP contribution in [-0.2, 0) is 6.42 Å². The van der Waals surface area contributed by atoms with E-state index in [4.69, 9.17) is 0 Å². The lowest BCUT2D eigenvalue weighted by Gasteiger charge is -2.27. The van der Waals surface area contributed by atoms with E-state index in [0.29, 0.717) is 5.56 Å². The van der Waals surface area contributed by atoms with Crippen LogP contribution in [0.5, 0.6) is 11.5 Å². The molecule has 20 heavy (non-hydrogen) atoms. The van der Waals surface area contributed by atoms with Crippen LogP contribution < -0.4 is 0 Å². The summed E-state index contributed by atoms with van der Waals surface area (Å²) in [5.41, 5.74) is 3.80. The van der Waals surface area contributed by atoms with Gasteiger partial charge in [0, 0.05) is 5.56 Å². The Balaban J connectivity index is 1.89. The number of carbonyl (C=O) groups excluding carboxylic acids is 1. The third-order valence-electron chi connectivity index (χ3n) is 4.57. The molecular weight excluding hydrogens is 252 g/mol. The van der Waals surface area contributed by atoms with Gasteiger partial charge in [0.05, 0.1) is 5.92 Å². The Morgan fingerprint density at radius 2 is 1.65 bits per heavy atom. The van der Waals surface area contributed by atoms with Crippen LogP contribution in [0.1, 0.15) is 45.3 Å². The van der Waals surface area contributed by atoms with E-state index in [2.05, 4.69) is 0 Å². The molecule has 2 aromatic rings. The van der Waals surface area contributed by atoms with Gasteiger partial charge in [-0.1, -0.05) is 12.1 Å². The predicted octanol–water partition coefficient (Wildman–Crippen LogP) is 3.11. The van der Waals surface area contributed by atoms with Crippen LogP contribution in [-0.4, -0.2) is 16.0 Å². The molecule has 0 aliphatic heterocycles. The Kier molecular flexibility index (Phi) is 2.22. The molecule has 0 amide bonds. The second-order valence-electron chi connectivity index (χ2n) is 5.64. The quantitative estimate of drug-likeness (QED) is 0.770. The fraction of sp³-hybridized carbons (Fsp3) is 0.235. The predicted molar refractivity (Wildman–Crippen MR) is 74.3 cm³/mol. The van der Waals surface area contributed by atoms with Crippen LogP contribution in [0.3, 0.4) is 0 Å². The van der Waals surface area contributed by atoms with Gasteiger partial charge in [-0.3, -0.25) is 4.79 Å². The Labute approximate surface area is 116 Å². The summed E-state index contributed by atoms with van der Waals surface area (Å²) in [4.78, 5) is 12.7. The minimum atomic E-state index is -0.156. The highest BCUT2D eigenvalue weighted by Gasteiger charge is 2.43. The molecule has 2 atom stereocenters. The van der Waals surface area contributed by atoms with Gasteiger partial charge in [-0.15, -0.1) is 0 Å². The summed E-state index contributed by atoms with van der Waals surface area (Å²) in [6, 6.07) is 10.4. The van der Waals surface area contributed by atoms with Crippen LogP contribution in [0, 0.1) is 0 Å². The molecule has 2 aliphatic rings. The lowest BCUT2D eigenvalue weighted by molar-refractivity contribution is 0.0960. The van der Waals surface area contributed by atoms with Crippen molar-refractivity contribution >= 4 is 5.78 Å². The third-order valence-corrected chi connectivity index (χ3v) is 4.57. The van der Waals surface area contributed by atoms with Crippen LogP contribution in [0.4, 0.5) is 0 Å². The van der Waals surface area contributed by atoms with Crippen molar-refractivity contribution in [2.75, 3.05) is 0 Å². The van der Waals surface area contributed by atoms with Gasteiger partial charge in [0.2, 0.25) is 0 Å². The fourth-order valence-electron chi connectivity index (χ4n) is 3.71. The van der Waals surface area contributed by atoms with Crippen molar-refractivity contribution in [3.8, 4) is 11.5 Å². The molecule has 0 spiro atoms. The summed E-state index contributed by atoms with van der Waals surface area (Å²) >= 11 is 0. The van der Waals surface area contributed by atoms with Crippen LogP contribution in [0.2, 0.25) is 0 Å². The lowest BCUT2D eigenvalue weighted by atomic mass is 9.75. The first kappa shape index (κ1) is 11.5. The second kappa shape index (κ2) is 3.85. The van der Waals surface area contributed by atoms with E-state index in [1.165, 1.54) is 0 Å². The van der Waals surface area contributed by atoms with Crippen molar-refractivity contribution in [3.05, 3.63) is 58.7 Å². The van der Waals surface area contributed by atoms with Gasteiger partial charge in [-0.2, -0.15) is 0 Å². The van der Waals surface area contributed by atoms with E-state index in [1.807, 2.05) is 12.1 Å². The Morgan fingerprint density at radius 1 is 0.950 bits per heavy atom. The SMILES string of the molecule is O=C1c2cc(O)ccc2[C@H]2CCc3cc(O)ccc3[C@@H]12. The number of carbonyl (C=O) groups is 1. The highest BCUT2D eigenvalue weighted by Crippen LogP contribution is 2.51. The van der Waals surface area contributed by atoms with Crippen molar-refractivity contribution in [1.29, 1.82) is 0 Å². The maximum atomic E-state index is 12.7. The number of hydrogen-bond acceptors (Lipinski definition) is 3. The summed E-state index contributed by atoms with van der Waals surface area (Å²) < 4.78 is 0. The van der Waals surface area contributed by atoms with Crippen molar-refractivity contribution < 1.29 is 15.0 Å². The summed E-state index contributed by atoms with van der Waals surface area (Å²) in [6.07, 6.45) is 1.78. The van der Waals surface area contributed by atoms with Crippen LogP contribution in [0.15, 0.2) is 36.4 Å². The van der Waals surface area contributed by atoms with Crippen molar-refractivity contribution in [3.63, 3.8) is 0 Å². The summed E-state index contributed by atoms with van der Waals surface area (Å²) in [7, 11) is 0. The van der Waals surface area contributed by atoms with Crippen molar-refractivity contribution in [2.24, 2.45) is 0 Å². The monoisotopic (exact) mass is 266 g/mol. The zero-order valence-electron chi connectivity index (χ0n) is 10.8. The zero-order valence-corrected chi connectivity index (χ0v) is 10.8. The van der Waals surface area contributed by atoms with E-state index in [0.717, 1.165) is 29.5 Å². The number of rotatable bonds is 0. The Morgan fingerprint density at radius 3 is 2.45 bits per heavy atom. The molecule has 4 rings (SSSR count). The topological polar surface area (TPSA) is 57.5 Å². The summed E-state index contributed by atoms with van der Waals surface area (Å²) in [6.45, 7) is 0. The molecule has 0 aromatic heterocycles. The number of phenolic OH excluding ortho intramolecular Hbond substituents is 2. The number of benzene rings is 2. The zero-order chi connectivity index (χ0) is 13.9. The Hall–Kier alpha value is -2.29. The minimum Gasteiger partial charge on any atom is -0.508 e. The van der Waals surface area contributed by atoms with Crippen LogP contribution in [0.25, 0.3) is 0 Å². The fourth-order valence-corrected chi connectivity index (χ4v) is 3.71. The first-order valence-corrected chi connectivity index (χ1v) is 6.84. The second-order valence-corrected chi connectivity index (χ2v) is 5.64. The average molecular weight is 266 g/mol. The maximum absolute atomic E-state index is 12.7. The largest absolute Gasteiger partial charge is 0.508 e. The standard InChI is InChI=1S/C17H14O3/c18-10-2-5-12-9(7-10)1-4-14-13-6-3-11(19)8-15(13)17(20)16(12)14/h2-3,5-8,14,16,18-19H,1,4H2/t14-,16-/m1/s1. The first-order chi connectivity index (χ1) is 9.65. The number of hydrogen-bond donors (Lipinski definition) is 2. The third kappa shape index (κ3) is 1.43. The number of phenols is 2. The number of ketones is 1. The van der Waals surface area contributed by atoms with Gasteiger partial charge in [0.25, 0.3) is 0 Å². The van der Waals surface area contributed by atoms with E-state index >= 15 is 0 Å². The van der Waals surface area contributed by atoms with E-state index in [1.54, 1.807) is 24.3 Å². The highest BCUT2D eigenvalue weighted by molar-refractivity contribution is 6.07. The molecule has 2 aromatic carbocycles. The van der Waals surface area contributed by atoms with Crippen molar-refractivity contribution in [1.82, 2.24) is 0 Å². The minimum absolute atomic E-state index is 0.0903. The molecular formula is C17H14O3. The van der Waals surface area contributed by atoms with Gasteiger partial charge in [0.15, 0.2) is 5.78 Å². The molecule has 2 N–H and O–H groups in total. The molecule has 0 unspecified atom stereocenters. The molecule has 0 heterocycles. The molecule has 0 saturated carbocycles. The summed E-state index contributed by atoms with van der Waals surface area (Å²) in [5, 5.41) is 19.2. The molecule has 3 heteroatoms. The molecule has 0 fully saturated rings. The smallest absolute Gasteiger partial charge is 0.171 e. The van der Waals surface area contributed by atoms with E-state index in [9.17, 15) is 15.0 Å². The summed E-state index contributed by atoms with van der Waals surface area (Å²) in [5.74, 6) is 0.531. The van der Waals surface area contributed by atoms with Gasteiger partial charge >= 0.3 is 0 Å². The van der Waals surface area contributed by atoms with E-state index in [-0.39, 0.29) is 29.1 Å². The van der Waals surface area contributed by atoms with Gasteiger partial charge < -0.3 is 10.2 Å². The molecule has 3 nitrogen and oxygen atoms in total. The highest BCUT2D eigenvalue weighted by atomic mass is 16.3. The molecule has 0 bridgehead atoms. The first-order valence-electron chi connectivity index (χ1n) is 6.84. The molecule has 100 valence electrons. The Bertz CT molecular complexity index is 733. The van der Waals surface area contributed by atoms with Gasteiger partial charge in [-0.05, 0) is 59.7 Å². The maximum Gasteiger partial charge on any atom is 0.171 e. The van der Waals surface area contributed by atoms with Crippen LogP contribution >= 0.6 is 0 Å². The van der Waals surface area contributed by atoms with Gasteiger partial charge in [-0.25, -0.2) is 0 Å². The normalized spacial score (nSPS) is 23.1. The molecule has 0 saturated heterocycles. The van der Waals surface area contributed by atoms with Crippen molar-refractivity contribution in [2.45, 2.75) is 24.7 Å². The number of aryl methyl sites for hydroxylation is 1. The van der Waals surface area contributed by atoms with E-state index < -0.39 is 0 Å². The number of Topliss-reactive ketones (excluding diaryl/α,β-unsaturated/α-hetero) is 1.